The third kappa shape index (κ3) is 12.1. The summed E-state index contributed by atoms with van der Waals surface area (Å²) in [5, 5.41) is 9.30. The van der Waals surface area contributed by atoms with Crippen molar-refractivity contribution in [2.75, 3.05) is 33.0 Å². The topological polar surface area (TPSA) is 92.7 Å². The molecule has 0 amide bonds. The normalized spacial score (nSPS) is 28.6. The van der Waals surface area contributed by atoms with Crippen LogP contribution in [0.5, 0.6) is 0 Å². The molecule has 1 aromatic carbocycles. The Morgan fingerprint density at radius 1 is 1.00 bits per heavy atom. The lowest BCUT2D eigenvalue weighted by Gasteiger charge is -2.37. The van der Waals surface area contributed by atoms with E-state index in [1.807, 2.05) is 18.2 Å². The van der Waals surface area contributed by atoms with Gasteiger partial charge in [0.15, 0.2) is 12.6 Å². The zero-order valence-corrected chi connectivity index (χ0v) is 30.7. The highest BCUT2D eigenvalue weighted by atomic mass is 16.7. The standard InChI is InChI=1S/C42H62O8/c1-4-13-36(49-40-18-8-10-20-47-40)23-32(17-12-14-30(2)3)42-37-24-33(22-34(37)25-38(42)50-41-19-9-11-21-48-41)35(28-46-29-39(43)44)27-45-26-31-15-6-5-7-16-31/h4-7,13-16,22,32,34-38,40-42H,8-12,17-21,23-29H2,1-3H3,(H,43,44). The zero-order chi connectivity index (χ0) is 35.1. The van der Waals surface area contributed by atoms with Crippen LogP contribution in [0.3, 0.4) is 0 Å². The Bertz CT molecular complexity index is 1230. The van der Waals surface area contributed by atoms with Crippen molar-refractivity contribution in [3.8, 4) is 0 Å². The van der Waals surface area contributed by atoms with Crippen LogP contribution < -0.4 is 0 Å². The van der Waals surface area contributed by atoms with Gasteiger partial charge in [-0.05, 0) is 121 Å². The zero-order valence-electron chi connectivity index (χ0n) is 30.7. The molecule has 2 aliphatic carbocycles. The SMILES string of the molecule is CC=CC(CC(CCC=C(C)C)C1C(OC2CCCCO2)CC2C=C(C(COCC(=O)O)COCc3ccccc3)CC21)OC1CCCCO1. The summed E-state index contributed by atoms with van der Waals surface area (Å²) in [6.45, 7) is 8.99. The molecule has 0 aromatic heterocycles. The maximum Gasteiger partial charge on any atom is 0.329 e. The van der Waals surface area contributed by atoms with Crippen LogP contribution in [-0.4, -0.2) is 68.9 Å². The molecule has 4 aliphatic rings. The van der Waals surface area contributed by atoms with Crippen LogP contribution in [0.15, 0.2) is 65.8 Å². The highest BCUT2D eigenvalue weighted by molar-refractivity contribution is 5.68. The molecule has 1 saturated carbocycles. The summed E-state index contributed by atoms with van der Waals surface area (Å²) in [5.41, 5.74) is 3.80. The van der Waals surface area contributed by atoms with Crippen LogP contribution in [0.25, 0.3) is 0 Å². The van der Waals surface area contributed by atoms with Gasteiger partial charge in [0.2, 0.25) is 0 Å². The van der Waals surface area contributed by atoms with Gasteiger partial charge in [-0.15, -0.1) is 0 Å². The molecule has 0 radical (unpaired) electrons. The van der Waals surface area contributed by atoms with Crippen molar-refractivity contribution >= 4 is 5.97 Å². The summed E-state index contributed by atoms with van der Waals surface area (Å²) in [6.07, 6.45) is 20.2. The van der Waals surface area contributed by atoms with E-state index in [0.717, 1.165) is 89.4 Å². The molecule has 278 valence electrons. The fourth-order valence-electron chi connectivity index (χ4n) is 8.57. The Hall–Kier alpha value is -2.33. The third-order valence-corrected chi connectivity index (χ3v) is 10.9. The Kier molecular flexibility index (Phi) is 16.1. The van der Waals surface area contributed by atoms with Gasteiger partial charge in [-0.3, -0.25) is 0 Å². The van der Waals surface area contributed by atoms with Crippen molar-refractivity contribution in [2.45, 2.75) is 123 Å². The molecule has 2 heterocycles. The molecule has 0 bridgehead atoms. The third-order valence-electron chi connectivity index (χ3n) is 10.9. The Balaban J connectivity index is 1.37. The van der Waals surface area contributed by atoms with Gasteiger partial charge in [-0.25, -0.2) is 4.79 Å². The summed E-state index contributed by atoms with van der Waals surface area (Å²) in [5.74, 6) is 0.558. The number of hydrogen-bond acceptors (Lipinski definition) is 7. The molecule has 9 unspecified atom stereocenters. The molecule has 3 fully saturated rings. The molecule has 0 spiro atoms. The number of carboxylic acid groups (broad SMARTS) is 1. The predicted octanol–water partition coefficient (Wildman–Crippen LogP) is 8.66. The lowest BCUT2D eigenvalue weighted by Crippen LogP contribution is -2.37. The van der Waals surface area contributed by atoms with Crippen LogP contribution in [0, 0.1) is 29.6 Å². The number of rotatable bonds is 20. The fraction of sp³-hybridized carbons (Fsp3) is 0.690. The molecule has 50 heavy (non-hydrogen) atoms. The number of aliphatic carboxylic acids is 1. The van der Waals surface area contributed by atoms with Gasteiger partial charge in [-0.1, -0.05) is 65.8 Å². The Morgan fingerprint density at radius 2 is 1.74 bits per heavy atom. The van der Waals surface area contributed by atoms with E-state index in [9.17, 15) is 9.90 Å². The first-order valence-electron chi connectivity index (χ1n) is 19.3. The van der Waals surface area contributed by atoms with Crippen molar-refractivity contribution in [3.63, 3.8) is 0 Å². The molecule has 2 saturated heterocycles. The van der Waals surface area contributed by atoms with Crippen molar-refractivity contribution in [1.29, 1.82) is 0 Å². The van der Waals surface area contributed by atoms with Crippen molar-refractivity contribution in [2.24, 2.45) is 29.6 Å². The molecule has 2 aliphatic heterocycles. The van der Waals surface area contributed by atoms with E-state index in [2.05, 4.69) is 57.2 Å². The molecule has 9 atom stereocenters. The maximum absolute atomic E-state index is 11.3. The number of ether oxygens (including phenoxy) is 6. The first-order valence-corrected chi connectivity index (χ1v) is 19.3. The van der Waals surface area contributed by atoms with E-state index in [0.29, 0.717) is 43.5 Å². The second kappa shape index (κ2) is 20.6. The fourth-order valence-corrected chi connectivity index (χ4v) is 8.57. The average molecular weight is 695 g/mol. The van der Waals surface area contributed by atoms with Crippen molar-refractivity contribution < 1.29 is 38.3 Å². The van der Waals surface area contributed by atoms with E-state index in [1.165, 1.54) is 11.1 Å². The minimum Gasteiger partial charge on any atom is -0.480 e. The summed E-state index contributed by atoms with van der Waals surface area (Å²) in [4.78, 5) is 11.3. The van der Waals surface area contributed by atoms with Crippen LogP contribution in [0.1, 0.15) is 97.0 Å². The largest absolute Gasteiger partial charge is 0.480 e. The molecule has 1 N–H and O–H groups in total. The number of allylic oxidation sites excluding steroid dienone is 4. The van der Waals surface area contributed by atoms with Crippen molar-refractivity contribution in [3.05, 3.63) is 71.3 Å². The second-order valence-corrected chi connectivity index (χ2v) is 15.0. The Morgan fingerprint density at radius 3 is 2.42 bits per heavy atom. The van der Waals surface area contributed by atoms with Crippen LogP contribution in [0.2, 0.25) is 0 Å². The number of benzene rings is 1. The highest BCUT2D eigenvalue weighted by Gasteiger charge is 2.50. The lowest BCUT2D eigenvalue weighted by atomic mass is 9.75. The lowest BCUT2D eigenvalue weighted by molar-refractivity contribution is -0.203. The van der Waals surface area contributed by atoms with Gasteiger partial charge in [0, 0.05) is 19.1 Å². The summed E-state index contributed by atoms with van der Waals surface area (Å²) < 4.78 is 37.7. The van der Waals surface area contributed by atoms with E-state index in [4.69, 9.17) is 28.4 Å². The van der Waals surface area contributed by atoms with Gasteiger partial charge >= 0.3 is 5.97 Å². The van der Waals surface area contributed by atoms with Crippen LogP contribution in [-0.2, 0) is 39.8 Å². The molecule has 5 rings (SSSR count). The minimum atomic E-state index is -0.952. The molecular formula is C42H62O8. The molecular weight excluding hydrogens is 632 g/mol. The maximum atomic E-state index is 11.3. The van der Waals surface area contributed by atoms with Gasteiger partial charge in [0.05, 0.1) is 32.0 Å². The first-order chi connectivity index (χ1) is 24.4. The smallest absolute Gasteiger partial charge is 0.329 e. The van der Waals surface area contributed by atoms with Crippen LogP contribution >= 0.6 is 0 Å². The Labute approximate surface area is 300 Å². The van der Waals surface area contributed by atoms with E-state index < -0.39 is 5.97 Å². The quantitative estimate of drug-likeness (QED) is 0.136. The van der Waals surface area contributed by atoms with E-state index in [-0.39, 0.29) is 37.3 Å². The highest BCUT2D eigenvalue weighted by Crippen LogP contribution is 2.54. The molecule has 1 aromatic rings. The average Bonchev–Trinajstić information content (AvgIpc) is 3.66. The minimum absolute atomic E-state index is 0.00274. The number of carboxylic acids is 1. The number of hydrogen-bond donors (Lipinski definition) is 1. The predicted molar refractivity (Wildman–Crippen MR) is 194 cm³/mol. The first kappa shape index (κ1) is 38.9. The monoisotopic (exact) mass is 694 g/mol. The van der Waals surface area contributed by atoms with Crippen LogP contribution in [0.4, 0.5) is 0 Å². The van der Waals surface area contributed by atoms with E-state index >= 15 is 0 Å². The van der Waals surface area contributed by atoms with Gasteiger partial charge in [0.25, 0.3) is 0 Å². The van der Waals surface area contributed by atoms with Gasteiger partial charge in [-0.2, -0.15) is 0 Å². The molecule has 8 heteroatoms. The van der Waals surface area contributed by atoms with Gasteiger partial charge < -0.3 is 33.5 Å². The number of fused-ring (bicyclic) bond motifs is 1. The summed E-state index contributed by atoms with van der Waals surface area (Å²) in [7, 11) is 0. The second-order valence-electron chi connectivity index (χ2n) is 15.0. The van der Waals surface area contributed by atoms with E-state index in [1.54, 1.807) is 0 Å². The number of carbonyl (C=O) groups is 1. The van der Waals surface area contributed by atoms with Crippen molar-refractivity contribution in [1.82, 2.24) is 0 Å². The summed E-state index contributed by atoms with van der Waals surface area (Å²) in [6, 6.07) is 10.2. The summed E-state index contributed by atoms with van der Waals surface area (Å²) >= 11 is 0. The van der Waals surface area contributed by atoms with Gasteiger partial charge in [0.1, 0.15) is 6.61 Å². The molecule has 8 nitrogen and oxygen atoms in total.